The Balaban J connectivity index is -0.000000232. The van der Waals surface area contributed by atoms with E-state index in [1.807, 2.05) is 39.8 Å². The molecule has 2 saturated carbocycles. The van der Waals surface area contributed by atoms with E-state index in [2.05, 4.69) is 196 Å². The van der Waals surface area contributed by atoms with Gasteiger partial charge in [0.2, 0.25) is 0 Å². The first kappa shape index (κ1) is 56.6. The van der Waals surface area contributed by atoms with Crippen molar-refractivity contribution >= 4 is 0 Å². The second-order valence-corrected chi connectivity index (χ2v) is 9.78. The van der Waals surface area contributed by atoms with Crippen LogP contribution in [0, 0.1) is 23.7 Å². The predicted octanol–water partition coefficient (Wildman–Crippen LogP) is 13.8. The summed E-state index contributed by atoms with van der Waals surface area (Å²) in [5, 5.41) is 0. The maximum absolute atomic E-state index is 3.32. The number of hydrogen-bond acceptors (Lipinski definition) is 0. The summed E-state index contributed by atoms with van der Waals surface area (Å²) in [6.45, 7) is 23.5. The van der Waals surface area contributed by atoms with Crippen LogP contribution in [0.1, 0.15) is 97.9 Å². The van der Waals surface area contributed by atoms with Gasteiger partial charge in [0.05, 0.1) is 0 Å². The van der Waals surface area contributed by atoms with Gasteiger partial charge in [-0.3, -0.25) is 0 Å². The second-order valence-electron chi connectivity index (χ2n) is 9.78. The van der Waals surface area contributed by atoms with Crippen molar-refractivity contribution in [2.45, 2.75) is 97.9 Å². The molecule has 2 aliphatic carbocycles. The Morgan fingerprint density at radius 3 is 0.667 bits per heavy atom. The lowest BCUT2D eigenvalue weighted by Crippen LogP contribution is -1.71. The van der Waals surface area contributed by atoms with E-state index in [1.54, 1.807) is 0 Å². The average Bonchev–Trinajstić information content (AvgIpc) is 3.95. The van der Waals surface area contributed by atoms with E-state index in [1.165, 1.54) is 12.8 Å². The van der Waals surface area contributed by atoms with Crippen molar-refractivity contribution < 1.29 is 0 Å². The standard InChI is InChI=1S/C33H10.2C5H10.C4H8.4CH4/c1-5-7-9-11-13-15-17-19-21-23-25-27-29-31-33(4)32(3)30-28-26-24-22-20-18-16-14-12-10-8-6-2;2*1-4-3-5(4)2;1-3-4-2;;;;/h1-2H2,3-4H3;2*4-5H,3H2,1-2H3;3-4H,1-2H3;4*1H4/b;;;4-3-;;;;/t;4-,5?;;;;;;/m.1....../s1. The fraction of sp³-hybridized carbons (Fsp3) is 0.353. The van der Waals surface area contributed by atoms with Crippen molar-refractivity contribution in [2.75, 3.05) is 0 Å². The lowest BCUT2D eigenvalue weighted by molar-refractivity contribution is 0.834. The van der Waals surface area contributed by atoms with Crippen LogP contribution in [0.15, 0.2) is 191 Å². The van der Waals surface area contributed by atoms with Crippen LogP contribution in [-0.4, -0.2) is 0 Å². The molecular weight excluding hydrogens is 613 g/mol. The van der Waals surface area contributed by atoms with Crippen LogP contribution < -0.4 is 0 Å². The summed E-state index contributed by atoms with van der Waals surface area (Å²) in [5.74, 6) is 4.20. The summed E-state index contributed by atoms with van der Waals surface area (Å²) >= 11 is 0. The Morgan fingerprint density at radius 2 is 0.529 bits per heavy atom. The lowest BCUT2D eigenvalue weighted by Gasteiger charge is -1.87. The highest BCUT2D eigenvalue weighted by Crippen LogP contribution is 2.36. The minimum Gasteiger partial charge on any atom is -0.0919 e. The van der Waals surface area contributed by atoms with E-state index >= 15 is 0 Å². The molecule has 2 fully saturated rings. The molecule has 0 heterocycles. The zero-order valence-corrected chi connectivity index (χ0v) is 28.8. The topological polar surface area (TPSA) is 0 Å². The van der Waals surface area contributed by atoms with Crippen molar-refractivity contribution in [3.63, 3.8) is 0 Å². The van der Waals surface area contributed by atoms with Crippen LogP contribution in [0.5, 0.6) is 0 Å². The molecule has 51 heavy (non-hydrogen) atoms. The van der Waals surface area contributed by atoms with Crippen molar-refractivity contribution in [1.29, 1.82) is 0 Å². The summed E-state index contributed by atoms with van der Waals surface area (Å²) in [5.41, 5.74) is 70.5. The average molecular weight is 667 g/mol. The maximum Gasteiger partial charge on any atom is 0.0112 e. The third kappa shape index (κ3) is 47.8. The molecule has 4 atom stereocenters. The van der Waals surface area contributed by atoms with Gasteiger partial charge >= 0.3 is 0 Å². The first-order chi connectivity index (χ1) is 22.7. The second kappa shape index (κ2) is 43.3. The Morgan fingerprint density at radius 1 is 0.373 bits per heavy atom. The zero-order chi connectivity index (χ0) is 35.4. The molecule has 0 nitrogen and oxygen atoms in total. The van der Waals surface area contributed by atoms with E-state index in [4.69, 9.17) is 0 Å². The molecule has 0 bridgehead atoms. The summed E-state index contributed by atoms with van der Waals surface area (Å²) in [7, 11) is 0. The van der Waals surface area contributed by atoms with Gasteiger partial charge in [0.1, 0.15) is 0 Å². The molecule has 0 aliphatic heterocycles. The highest BCUT2D eigenvalue weighted by Gasteiger charge is 2.26. The van der Waals surface area contributed by atoms with Gasteiger partial charge in [-0.2, -0.15) is 0 Å². The van der Waals surface area contributed by atoms with Crippen LogP contribution in [-0.2, 0) is 0 Å². The molecular formula is C51H54. The Bertz CT molecular complexity index is 2190. The number of rotatable bonds is 1. The molecule has 258 valence electrons. The SMILES string of the molecule is C.C.C.C.C/C=C\C.C=C=C=C=C=C=C=C=C=C=C=C=C=C=C=C(C)C(C)=C=C=C=C=C=C=C=C=C=C=C=C=C=C.CC1CC1C.CC1C[C@H]1C. The van der Waals surface area contributed by atoms with Gasteiger partial charge < -0.3 is 0 Å². The fourth-order valence-electron chi connectivity index (χ4n) is 2.14. The Hall–Kier alpha value is -6.72. The van der Waals surface area contributed by atoms with Crippen LogP contribution in [0.3, 0.4) is 0 Å². The van der Waals surface area contributed by atoms with Gasteiger partial charge in [-0.1, -0.05) is 92.5 Å². The van der Waals surface area contributed by atoms with Crippen molar-refractivity contribution in [3.05, 3.63) is 191 Å². The van der Waals surface area contributed by atoms with Gasteiger partial charge in [0, 0.05) is 11.1 Å². The van der Waals surface area contributed by atoms with Crippen molar-refractivity contribution in [3.8, 4) is 0 Å². The van der Waals surface area contributed by atoms with E-state index in [0.717, 1.165) is 34.8 Å². The largest absolute Gasteiger partial charge is 0.0919 e. The van der Waals surface area contributed by atoms with E-state index < -0.39 is 0 Å². The molecule has 2 rings (SSSR count). The predicted molar refractivity (Wildman–Crippen MR) is 218 cm³/mol. The first-order valence-electron chi connectivity index (χ1n) is 14.8. The van der Waals surface area contributed by atoms with Gasteiger partial charge in [-0.15, -0.1) is 0 Å². The summed E-state index contributed by atoms with van der Waals surface area (Å²) in [6, 6.07) is 0. The Kier molecular flexibility index (Phi) is 48.0. The quantitative estimate of drug-likeness (QED) is 0.148. The molecule has 0 spiro atoms. The van der Waals surface area contributed by atoms with Gasteiger partial charge in [-0.05, 0) is 209 Å². The fourth-order valence-corrected chi connectivity index (χ4v) is 2.14. The summed E-state index contributed by atoms with van der Waals surface area (Å²) in [4.78, 5) is 0. The van der Waals surface area contributed by atoms with Gasteiger partial charge in [0.15, 0.2) is 0 Å². The normalized spacial score (nSPS) is 13.4. The first-order valence-corrected chi connectivity index (χ1v) is 14.8. The molecule has 0 aromatic heterocycles. The van der Waals surface area contributed by atoms with Crippen LogP contribution in [0.25, 0.3) is 0 Å². The third-order valence-electron chi connectivity index (χ3n) is 5.91. The van der Waals surface area contributed by atoms with Gasteiger partial charge in [0.25, 0.3) is 0 Å². The smallest absolute Gasteiger partial charge is 0.0112 e. The molecule has 2 aliphatic rings. The van der Waals surface area contributed by atoms with Crippen LogP contribution in [0.4, 0.5) is 0 Å². The maximum atomic E-state index is 3.32. The van der Waals surface area contributed by atoms with Crippen molar-refractivity contribution in [2.24, 2.45) is 23.7 Å². The lowest BCUT2D eigenvalue weighted by atomic mass is 10.1. The number of allylic oxidation sites excluding steroid dienone is 4. The van der Waals surface area contributed by atoms with Crippen molar-refractivity contribution in [1.82, 2.24) is 0 Å². The molecule has 0 saturated heterocycles. The number of hydrogen-bond donors (Lipinski definition) is 0. The van der Waals surface area contributed by atoms with E-state index in [0.29, 0.717) is 0 Å². The molecule has 0 aromatic rings. The highest BCUT2D eigenvalue weighted by molar-refractivity contribution is 5.25. The Labute approximate surface area is 311 Å². The van der Waals surface area contributed by atoms with E-state index in [-0.39, 0.29) is 29.7 Å². The monoisotopic (exact) mass is 666 g/mol. The van der Waals surface area contributed by atoms with Gasteiger partial charge in [-0.25, -0.2) is 0 Å². The highest BCUT2D eigenvalue weighted by atomic mass is 14.3. The summed E-state index contributed by atoms with van der Waals surface area (Å²) in [6.07, 6.45) is 6.94. The molecule has 0 radical (unpaired) electrons. The summed E-state index contributed by atoms with van der Waals surface area (Å²) < 4.78 is 0. The molecule has 0 heteroatoms. The van der Waals surface area contributed by atoms with E-state index in [9.17, 15) is 0 Å². The minimum atomic E-state index is 0. The minimum absolute atomic E-state index is 0. The molecule has 0 amide bonds. The molecule has 0 N–H and O–H groups in total. The molecule has 3 unspecified atom stereocenters. The third-order valence-corrected chi connectivity index (χ3v) is 5.91. The van der Waals surface area contributed by atoms with Crippen LogP contribution in [0.2, 0.25) is 0 Å². The van der Waals surface area contributed by atoms with Crippen LogP contribution >= 0.6 is 0 Å². The molecule has 0 aromatic carbocycles. The zero-order valence-electron chi connectivity index (χ0n) is 28.8.